The zero-order chi connectivity index (χ0) is 15.8. The first-order valence-electron chi connectivity index (χ1n) is 7.84. The van der Waals surface area contributed by atoms with Crippen molar-refractivity contribution in [2.75, 3.05) is 13.1 Å². The van der Waals surface area contributed by atoms with Crippen molar-refractivity contribution in [1.29, 1.82) is 0 Å². The Morgan fingerprint density at radius 1 is 1.39 bits per heavy atom. The van der Waals surface area contributed by atoms with Gasteiger partial charge in [0, 0.05) is 37.2 Å². The van der Waals surface area contributed by atoms with E-state index in [1.54, 1.807) is 12.3 Å². The minimum atomic E-state index is -0.0644. The maximum atomic E-state index is 12.7. The Morgan fingerprint density at radius 2 is 2.30 bits per heavy atom. The zero-order valence-corrected chi connectivity index (χ0v) is 13.0. The number of furan rings is 1. The van der Waals surface area contributed by atoms with Crippen molar-refractivity contribution in [3.8, 4) is 0 Å². The number of amides is 1. The van der Waals surface area contributed by atoms with Crippen LogP contribution in [0.4, 0.5) is 0 Å². The molecule has 118 valence electrons. The van der Waals surface area contributed by atoms with E-state index in [4.69, 9.17) is 4.42 Å². The number of pyridine rings is 1. The number of imidazole rings is 1. The summed E-state index contributed by atoms with van der Waals surface area (Å²) in [5.74, 6) is 0.301. The summed E-state index contributed by atoms with van der Waals surface area (Å²) in [6, 6.07) is 5.76. The second kappa shape index (κ2) is 5.53. The zero-order valence-electron chi connectivity index (χ0n) is 13.0. The normalized spacial score (nSPS) is 18.5. The van der Waals surface area contributed by atoms with Crippen molar-refractivity contribution in [2.45, 2.75) is 25.8 Å². The fourth-order valence-electron chi connectivity index (χ4n) is 3.16. The van der Waals surface area contributed by atoms with E-state index in [2.05, 4.69) is 14.5 Å². The molecule has 3 aromatic heterocycles. The number of likely N-dealkylation sites (tertiary alicyclic amines) is 1. The standard InChI is InChI=1S/C17H18N4O2/c1-12-4-5-15-14(19-12)9-16(23-15)17(22)20-7-2-3-13(10-20)21-8-6-18-11-21/h4-6,8-9,11,13H,2-3,7,10H2,1H3. The van der Waals surface area contributed by atoms with Crippen molar-refractivity contribution >= 4 is 17.0 Å². The largest absolute Gasteiger partial charge is 0.449 e. The molecule has 4 rings (SSSR count). The van der Waals surface area contributed by atoms with E-state index in [0.717, 1.165) is 30.6 Å². The van der Waals surface area contributed by atoms with Crippen molar-refractivity contribution in [3.63, 3.8) is 0 Å². The van der Waals surface area contributed by atoms with Gasteiger partial charge >= 0.3 is 0 Å². The summed E-state index contributed by atoms with van der Waals surface area (Å²) in [6.07, 6.45) is 7.57. The molecule has 1 saturated heterocycles. The maximum Gasteiger partial charge on any atom is 0.289 e. The molecule has 0 aliphatic carbocycles. The van der Waals surface area contributed by atoms with Gasteiger partial charge in [0.05, 0.1) is 12.4 Å². The highest BCUT2D eigenvalue weighted by molar-refractivity contribution is 5.95. The molecule has 1 aliphatic heterocycles. The molecule has 4 heterocycles. The number of hydrogen-bond acceptors (Lipinski definition) is 4. The quantitative estimate of drug-likeness (QED) is 0.730. The number of nitrogens with zero attached hydrogens (tertiary/aromatic N) is 4. The Balaban J connectivity index is 1.57. The average Bonchev–Trinajstić information content (AvgIpc) is 3.23. The van der Waals surface area contributed by atoms with Gasteiger partial charge in [-0.25, -0.2) is 9.97 Å². The number of hydrogen-bond donors (Lipinski definition) is 0. The van der Waals surface area contributed by atoms with Crippen molar-refractivity contribution in [1.82, 2.24) is 19.4 Å². The predicted octanol–water partition coefficient (Wildman–Crippen LogP) is 2.81. The van der Waals surface area contributed by atoms with E-state index in [0.29, 0.717) is 17.9 Å². The monoisotopic (exact) mass is 310 g/mol. The number of piperidine rings is 1. The molecule has 3 aromatic rings. The van der Waals surface area contributed by atoms with E-state index >= 15 is 0 Å². The molecule has 0 saturated carbocycles. The summed E-state index contributed by atoms with van der Waals surface area (Å²) in [6.45, 7) is 3.36. The van der Waals surface area contributed by atoms with E-state index in [-0.39, 0.29) is 11.9 Å². The van der Waals surface area contributed by atoms with Crippen LogP contribution < -0.4 is 0 Å². The van der Waals surface area contributed by atoms with Crippen LogP contribution in [0.2, 0.25) is 0 Å². The topological polar surface area (TPSA) is 64.2 Å². The van der Waals surface area contributed by atoms with Gasteiger partial charge < -0.3 is 13.9 Å². The van der Waals surface area contributed by atoms with Crippen LogP contribution in [-0.4, -0.2) is 38.4 Å². The summed E-state index contributed by atoms with van der Waals surface area (Å²) >= 11 is 0. The summed E-state index contributed by atoms with van der Waals surface area (Å²) in [4.78, 5) is 23.1. The third-order valence-electron chi connectivity index (χ3n) is 4.35. The summed E-state index contributed by atoms with van der Waals surface area (Å²) < 4.78 is 7.76. The lowest BCUT2D eigenvalue weighted by molar-refractivity contribution is 0.0650. The summed E-state index contributed by atoms with van der Waals surface area (Å²) in [7, 11) is 0. The number of carbonyl (C=O) groups excluding carboxylic acids is 1. The molecular weight excluding hydrogens is 292 g/mol. The number of rotatable bonds is 2. The van der Waals surface area contributed by atoms with Gasteiger partial charge in [-0.15, -0.1) is 0 Å². The Hall–Kier alpha value is -2.63. The van der Waals surface area contributed by atoms with Crippen LogP contribution in [0.15, 0.2) is 41.3 Å². The van der Waals surface area contributed by atoms with E-state index < -0.39 is 0 Å². The number of aromatic nitrogens is 3. The lowest BCUT2D eigenvalue weighted by Crippen LogP contribution is -2.40. The first-order valence-corrected chi connectivity index (χ1v) is 7.84. The highest BCUT2D eigenvalue weighted by atomic mass is 16.3. The van der Waals surface area contributed by atoms with Gasteiger partial charge in [0.2, 0.25) is 0 Å². The molecule has 0 radical (unpaired) electrons. The highest BCUT2D eigenvalue weighted by Gasteiger charge is 2.27. The Morgan fingerprint density at radius 3 is 3.13 bits per heavy atom. The fourth-order valence-corrected chi connectivity index (χ4v) is 3.16. The van der Waals surface area contributed by atoms with Gasteiger partial charge in [-0.05, 0) is 31.9 Å². The average molecular weight is 310 g/mol. The van der Waals surface area contributed by atoms with E-state index in [1.807, 2.05) is 36.5 Å². The highest BCUT2D eigenvalue weighted by Crippen LogP contribution is 2.24. The molecule has 0 spiro atoms. The number of aryl methyl sites for hydroxylation is 1. The molecule has 6 nitrogen and oxygen atoms in total. The molecule has 1 atom stereocenters. The van der Waals surface area contributed by atoms with Gasteiger partial charge in [0.15, 0.2) is 11.3 Å². The molecular formula is C17H18N4O2. The Bertz CT molecular complexity index is 838. The van der Waals surface area contributed by atoms with Crippen molar-refractivity contribution in [2.24, 2.45) is 0 Å². The predicted molar refractivity (Wildman–Crippen MR) is 85.1 cm³/mol. The SMILES string of the molecule is Cc1ccc2oc(C(=O)N3CCCC(n4ccnc4)C3)cc2n1. The molecule has 1 aliphatic rings. The van der Waals surface area contributed by atoms with Crippen LogP contribution >= 0.6 is 0 Å². The Kier molecular flexibility index (Phi) is 3.37. The molecule has 6 heteroatoms. The maximum absolute atomic E-state index is 12.7. The minimum absolute atomic E-state index is 0.0644. The van der Waals surface area contributed by atoms with Crippen LogP contribution in [-0.2, 0) is 0 Å². The van der Waals surface area contributed by atoms with Crippen molar-refractivity contribution in [3.05, 3.63) is 48.4 Å². The molecule has 1 unspecified atom stereocenters. The first-order chi connectivity index (χ1) is 11.2. The minimum Gasteiger partial charge on any atom is -0.449 e. The second-order valence-electron chi connectivity index (χ2n) is 6.00. The van der Waals surface area contributed by atoms with Crippen LogP contribution in [0.25, 0.3) is 11.1 Å². The first kappa shape index (κ1) is 14.0. The van der Waals surface area contributed by atoms with Crippen molar-refractivity contribution < 1.29 is 9.21 Å². The molecule has 0 aromatic carbocycles. The molecule has 1 fully saturated rings. The molecule has 1 amide bonds. The lowest BCUT2D eigenvalue weighted by atomic mass is 10.1. The number of fused-ring (bicyclic) bond motifs is 1. The van der Waals surface area contributed by atoms with Gasteiger partial charge in [-0.1, -0.05) is 0 Å². The second-order valence-corrected chi connectivity index (χ2v) is 6.00. The van der Waals surface area contributed by atoms with E-state index in [1.165, 1.54) is 0 Å². The molecule has 0 N–H and O–H groups in total. The fraction of sp³-hybridized carbons (Fsp3) is 0.353. The van der Waals surface area contributed by atoms with Gasteiger partial charge in [-0.2, -0.15) is 0 Å². The summed E-state index contributed by atoms with van der Waals surface area (Å²) in [5, 5.41) is 0. The van der Waals surface area contributed by atoms with Crippen LogP contribution in [0.1, 0.15) is 35.1 Å². The smallest absolute Gasteiger partial charge is 0.289 e. The Labute approximate surface area is 133 Å². The van der Waals surface area contributed by atoms with Crippen LogP contribution in [0, 0.1) is 6.92 Å². The van der Waals surface area contributed by atoms with Gasteiger partial charge in [-0.3, -0.25) is 4.79 Å². The number of carbonyl (C=O) groups is 1. The molecule has 23 heavy (non-hydrogen) atoms. The van der Waals surface area contributed by atoms with E-state index in [9.17, 15) is 4.79 Å². The van der Waals surface area contributed by atoms with Gasteiger partial charge in [0.1, 0.15) is 5.52 Å². The van der Waals surface area contributed by atoms with Gasteiger partial charge in [0.25, 0.3) is 5.91 Å². The van der Waals surface area contributed by atoms with Crippen LogP contribution in [0.5, 0.6) is 0 Å². The third kappa shape index (κ3) is 2.60. The lowest BCUT2D eigenvalue weighted by Gasteiger charge is -2.32. The third-order valence-corrected chi connectivity index (χ3v) is 4.35. The summed E-state index contributed by atoms with van der Waals surface area (Å²) in [5.41, 5.74) is 2.30. The molecule has 0 bridgehead atoms. The van der Waals surface area contributed by atoms with Crippen LogP contribution in [0.3, 0.4) is 0 Å².